The standard InChI is InChI=1S/C20H25FN2O2S/c1-13-10-19(26-14(13)2)20(24)22-16-6-8-23(9-7-16)12-15-4-5-18(25-3)17(21)11-15/h4-5,10-11,16H,6-9,12H2,1-3H3,(H,22,24). The summed E-state index contributed by atoms with van der Waals surface area (Å²) in [4.78, 5) is 16.7. The van der Waals surface area contributed by atoms with Crippen molar-refractivity contribution in [2.45, 2.75) is 39.3 Å². The molecule has 140 valence electrons. The Balaban J connectivity index is 1.49. The number of hydrogen-bond acceptors (Lipinski definition) is 4. The lowest BCUT2D eigenvalue weighted by atomic mass is 10.0. The van der Waals surface area contributed by atoms with E-state index in [1.54, 1.807) is 17.4 Å². The molecule has 0 aliphatic carbocycles. The summed E-state index contributed by atoms with van der Waals surface area (Å²) in [5.74, 6) is -0.0234. The summed E-state index contributed by atoms with van der Waals surface area (Å²) >= 11 is 1.55. The third-order valence-corrected chi connectivity index (χ3v) is 6.09. The van der Waals surface area contributed by atoms with Crippen molar-refractivity contribution in [3.05, 3.63) is 51.0 Å². The summed E-state index contributed by atoms with van der Waals surface area (Å²) in [5.41, 5.74) is 2.11. The average Bonchev–Trinajstić information content (AvgIpc) is 2.96. The van der Waals surface area contributed by atoms with Crippen molar-refractivity contribution in [1.82, 2.24) is 10.2 Å². The lowest BCUT2D eigenvalue weighted by Crippen LogP contribution is -2.44. The van der Waals surface area contributed by atoms with Crippen LogP contribution in [0, 0.1) is 19.7 Å². The first-order valence-electron chi connectivity index (χ1n) is 8.89. The summed E-state index contributed by atoms with van der Waals surface area (Å²) in [7, 11) is 1.47. The van der Waals surface area contributed by atoms with Gasteiger partial charge >= 0.3 is 0 Å². The number of thiophene rings is 1. The number of nitrogens with one attached hydrogen (secondary N) is 1. The fourth-order valence-corrected chi connectivity index (χ4v) is 4.18. The SMILES string of the molecule is COc1ccc(CN2CCC(NC(=O)c3cc(C)c(C)s3)CC2)cc1F. The summed E-state index contributed by atoms with van der Waals surface area (Å²) < 4.78 is 18.8. The lowest BCUT2D eigenvalue weighted by Gasteiger charge is -2.32. The van der Waals surface area contributed by atoms with Crippen LogP contribution < -0.4 is 10.1 Å². The van der Waals surface area contributed by atoms with Crippen LogP contribution in [-0.4, -0.2) is 37.0 Å². The van der Waals surface area contributed by atoms with E-state index in [0.717, 1.165) is 36.4 Å². The number of likely N-dealkylation sites (tertiary alicyclic amines) is 1. The number of carbonyl (C=O) groups is 1. The van der Waals surface area contributed by atoms with E-state index in [9.17, 15) is 9.18 Å². The number of amides is 1. The van der Waals surface area contributed by atoms with Gasteiger partial charge in [0.05, 0.1) is 12.0 Å². The smallest absolute Gasteiger partial charge is 0.261 e. The largest absolute Gasteiger partial charge is 0.494 e. The number of ether oxygens (including phenoxy) is 1. The van der Waals surface area contributed by atoms with Gasteiger partial charge in [-0.3, -0.25) is 9.69 Å². The molecule has 2 aromatic rings. The van der Waals surface area contributed by atoms with Crippen molar-refractivity contribution in [2.24, 2.45) is 0 Å². The van der Waals surface area contributed by atoms with Crippen LogP contribution in [0.4, 0.5) is 4.39 Å². The Labute approximate surface area is 158 Å². The Hall–Kier alpha value is -1.92. The Morgan fingerprint density at radius 1 is 1.31 bits per heavy atom. The van der Waals surface area contributed by atoms with Crippen LogP contribution in [0.1, 0.15) is 38.5 Å². The minimum Gasteiger partial charge on any atom is -0.494 e. The number of methoxy groups -OCH3 is 1. The van der Waals surface area contributed by atoms with Crippen LogP contribution in [0.25, 0.3) is 0 Å². The zero-order chi connectivity index (χ0) is 18.7. The first-order chi connectivity index (χ1) is 12.5. The summed E-state index contributed by atoms with van der Waals surface area (Å²) in [5, 5.41) is 3.15. The predicted octanol–water partition coefficient (Wildman–Crippen LogP) is 3.91. The van der Waals surface area contributed by atoms with Crippen molar-refractivity contribution in [3.63, 3.8) is 0 Å². The van der Waals surface area contributed by atoms with E-state index in [-0.39, 0.29) is 23.5 Å². The van der Waals surface area contributed by atoms with Crippen molar-refractivity contribution < 1.29 is 13.9 Å². The van der Waals surface area contributed by atoms with Crippen LogP contribution in [0.2, 0.25) is 0 Å². The first-order valence-corrected chi connectivity index (χ1v) is 9.70. The van der Waals surface area contributed by atoms with Crippen LogP contribution in [0.3, 0.4) is 0 Å². The molecule has 1 fully saturated rings. The molecule has 1 saturated heterocycles. The second kappa shape index (κ2) is 8.18. The van der Waals surface area contributed by atoms with Crippen LogP contribution in [0.15, 0.2) is 24.3 Å². The Morgan fingerprint density at radius 2 is 2.04 bits per heavy atom. The molecule has 0 atom stereocenters. The topological polar surface area (TPSA) is 41.6 Å². The van der Waals surface area contributed by atoms with E-state index in [4.69, 9.17) is 4.74 Å². The van der Waals surface area contributed by atoms with Crippen LogP contribution in [0.5, 0.6) is 5.75 Å². The first kappa shape index (κ1) is 18.9. The maximum absolute atomic E-state index is 13.8. The molecule has 26 heavy (non-hydrogen) atoms. The summed E-state index contributed by atoms with van der Waals surface area (Å²) in [6.45, 7) is 6.56. The molecule has 0 spiro atoms. The van der Waals surface area contributed by atoms with E-state index in [2.05, 4.69) is 10.2 Å². The highest BCUT2D eigenvalue weighted by Crippen LogP contribution is 2.22. The third kappa shape index (κ3) is 4.43. The summed E-state index contributed by atoms with van der Waals surface area (Å²) in [6.07, 6.45) is 1.82. The fraction of sp³-hybridized carbons (Fsp3) is 0.450. The van der Waals surface area contributed by atoms with Gasteiger partial charge in [-0.1, -0.05) is 6.07 Å². The van der Waals surface area contributed by atoms with E-state index in [0.29, 0.717) is 6.54 Å². The average molecular weight is 376 g/mol. The molecule has 1 aliphatic heterocycles. The Kier molecular flexibility index (Phi) is 5.94. The minimum atomic E-state index is -0.325. The summed E-state index contributed by atoms with van der Waals surface area (Å²) in [6, 6.07) is 7.27. The van der Waals surface area contributed by atoms with Gasteiger partial charge in [-0.15, -0.1) is 11.3 Å². The number of halogens is 1. The Bertz CT molecular complexity index is 763. The predicted molar refractivity (Wildman–Crippen MR) is 103 cm³/mol. The third-order valence-electron chi connectivity index (χ3n) is 4.93. The number of benzene rings is 1. The van der Waals surface area contributed by atoms with Gasteiger partial charge in [-0.05, 0) is 56.0 Å². The molecule has 3 rings (SSSR count). The van der Waals surface area contributed by atoms with Crippen molar-refractivity contribution in [1.29, 1.82) is 0 Å². The highest BCUT2D eigenvalue weighted by molar-refractivity contribution is 7.14. The van der Waals surface area contributed by atoms with E-state index >= 15 is 0 Å². The van der Waals surface area contributed by atoms with Gasteiger partial charge in [0.15, 0.2) is 11.6 Å². The molecule has 0 saturated carbocycles. The lowest BCUT2D eigenvalue weighted by molar-refractivity contribution is 0.0913. The molecule has 1 aliphatic rings. The number of rotatable bonds is 5. The molecule has 4 nitrogen and oxygen atoms in total. The van der Waals surface area contributed by atoms with E-state index in [1.807, 2.05) is 26.0 Å². The molecule has 1 aromatic heterocycles. The molecule has 1 N–H and O–H groups in total. The van der Waals surface area contributed by atoms with Gasteiger partial charge in [-0.2, -0.15) is 0 Å². The minimum absolute atomic E-state index is 0.0295. The molecule has 0 radical (unpaired) electrons. The molecule has 2 heterocycles. The number of carbonyl (C=O) groups excluding carboxylic acids is 1. The maximum atomic E-state index is 13.8. The zero-order valence-corrected chi connectivity index (χ0v) is 16.3. The second-order valence-electron chi connectivity index (χ2n) is 6.84. The highest BCUT2D eigenvalue weighted by Gasteiger charge is 2.22. The highest BCUT2D eigenvalue weighted by atomic mass is 32.1. The number of aryl methyl sites for hydroxylation is 2. The Morgan fingerprint density at radius 3 is 2.62 bits per heavy atom. The zero-order valence-electron chi connectivity index (χ0n) is 15.5. The monoisotopic (exact) mass is 376 g/mol. The number of hydrogen-bond donors (Lipinski definition) is 1. The van der Waals surface area contributed by atoms with Crippen molar-refractivity contribution in [2.75, 3.05) is 20.2 Å². The van der Waals surface area contributed by atoms with Gasteiger partial charge in [0.25, 0.3) is 5.91 Å². The van der Waals surface area contributed by atoms with Gasteiger partial charge in [-0.25, -0.2) is 4.39 Å². The van der Waals surface area contributed by atoms with Gasteiger partial charge in [0.1, 0.15) is 0 Å². The molecular formula is C20H25FN2O2S. The normalized spacial score (nSPS) is 15.8. The van der Waals surface area contributed by atoms with Crippen LogP contribution >= 0.6 is 11.3 Å². The van der Waals surface area contributed by atoms with Crippen LogP contribution in [-0.2, 0) is 6.54 Å². The van der Waals surface area contributed by atoms with E-state index < -0.39 is 0 Å². The van der Waals surface area contributed by atoms with Gasteiger partial charge in [0, 0.05) is 30.6 Å². The molecule has 1 amide bonds. The molecule has 0 bridgehead atoms. The van der Waals surface area contributed by atoms with Crippen molar-refractivity contribution >= 4 is 17.2 Å². The number of nitrogens with zero attached hydrogens (tertiary/aromatic N) is 1. The molecular weight excluding hydrogens is 351 g/mol. The second-order valence-corrected chi connectivity index (χ2v) is 8.10. The maximum Gasteiger partial charge on any atom is 0.261 e. The molecule has 0 unspecified atom stereocenters. The molecule has 1 aromatic carbocycles. The quantitative estimate of drug-likeness (QED) is 0.860. The van der Waals surface area contributed by atoms with Crippen molar-refractivity contribution in [3.8, 4) is 5.75 Å². The van der Waals surface area contributed by atoms with E-state index in [1.165, 1.54) is 23.6 Å². The van der Waals surface area contributed by atoms with Gasteiger partial charge < -0.3 is 10.1 Å². The number of piperidine rings is 1. The van der Waals surface area contributed by atoms with Gasteiger partial charge in [0.2, 0.25) is 0 Å². The fourth-order valence-electron chi connectivity index (χ4n) is 3.24. The molecule has 6 heteroatoms.